The second-order valence-electron chi connectivity index (χ2n) is 3.53. The average Bonchev–Trinajstić information content (AvgIpc) is 2.37. The Hall–Kier alpha value is -3.65. The molecule has 0 spiro atoms. The summed E-state index contributed by atoms with van der Waals surface area (Å²) in [5.74, 6) is 0. The van der Waals surface area contributed by atoms with Crippen LogP contribution in [0.2, 0.25) is 0 Å². The van der Waals surface area contributed by atoms with Gasteiger partial charge in [0.2, 0.25) is 0 Å². The Bertz CT molecular complexity index is 273. The third-order valence-corrected chi connectivity index (χ3v) is 1.50. The van der Waals surface area contributed by atoms with Gasteiger partial charge in [-0.25, -0.2) is 24.0 Å². The van der Waals surface area contributed by atoms with E-state index < -0.39 is 30.8 Å². The van der Waals surface area contributed by atoms with Crippen molar-refractivity contribution in [3.63, 3.8) is 0 Å². The Morgan fingerprint density at radius 3 is 0.385 bits per heavy atom. The van der Waals surface area contributed by atoms with Crippen molar-refractivity contribution < 1.29 is 75.0 Å². The Labute approximate surface area is 145 Å². The smallest absolute Gasteiger partial charge is 0.450 e. The molecular formula is C11H22O15. The van der Waals surface area contributed by atoms with Gasteiger partial charge < -0.3 is 51.1 Å². The topological polar surface area (TPSA) is 288 Å². The summed E-state index contributed by atoms with van der Waals surface area (Å²) in [6, 6.07) is 0. The quantitative estimate of drug-likeness (QED) is 0.281. The zero-order valence-electron chi connectivity index (χ0n) is 13.3. The van der Waals surface area contributed by atoms with Gasteiger partial charge in [-0.05, 0) is 0 Å². The predicted octanol–water partition coefficient (Wildman–Crippen LogP) is 3.45. The molecule has 0 unspecified atom stereocenters. The molecule has 156 valence electrons. The fraction of sp³-hybridized carbons (Fsp3) is 0.545. The highest BCUT2D eigenvalue weighted by atomic mass is 16.6. The highest BCUT2D eigenvalue weighted by molar-refractivity contribution is 5.54. The lowest BCUT2D eigenvalue weighted by molar-refractivity contribution is 0.135. The summed E-state index contributed by atoms with van der Waals surface area (Å²) in [7, 11) is 0. The van der Waals surface area contributed by atoms with Gasteiger partial charge in [0.1, 0.15) is 0 Å². The number of carbonyl (C=O) groups is 5. The van der Waals surface area contributed by atoms with Crippen LogP contribution in [-0.2, 0) is 0 Å². The minimum absolute atomic E-state index is 1.50. The molecule has 15 nitrogen and oxygen atoms in total. The van der Waals surface area contributed by atoms with E-state index in [2.05, 4.69) is 0 Å². The molecule has 1 saturated carbocycles. The van der Waals surface area contributed by atoms with Crippen LogP contribution in [0.25, 0.3) is 0 Å². The van der Waals surface area contributed by atoms with E-state index in [1.165, 1.54) is 38.5 Å². The van der Waals surface area contributed by atoms with Gasteiger partial charge >= 0.3 is 30.8 Å². The van der Waals surface area contributed by atoms with E-state index in [1.54, 1.807) is 0 Å². The number of hydrogen-bond acceptors (Lipinski definition) is 5. The molecule has 0 bridgehead atoms. The first-order valence-corrected chi connectivity index (χ1v) is 6.26. The molecule has 0 amide bonds. The summed E-state index contributed by atoms with van der Waals surface area (Å²) in [6.07, 6.45) is -0.167. The highest BCUT2D eigenvalue weighted by Gasteiger charge is 1.95. The molecule has 1 aliphatic carbocycles. The fourth-order valence-corrected chi connectivity index (χ4v) is 1.06. The maximum Gasteiger partial charge on any atom is 0.503 e. The summed E-state index contributed by atoms with van der Waals surface area (Å²) < 4.78 is 0. The van der Waals surface area contributed by atoms with E-state index in [-0.39, 0.29) is 0 Å². The van der Waals surface area contributed by atoms with Gasteiger partial charge in [0.25, 0.3) is 0 Å². The van der Waals surface area contributed by atoms with E-state index in [9.17, 15) is 0 Å². The zero-order valence-corrected chi connectivity index (χ0v) is 13.3. The van der Waals surface area contributed by atoms with Crippen molar-refractivity contribution in [1.29, 1.82) is 0 Å². The summed E-state index contributed by atoms with van der Waals surface area (Å²) in [5.41, 5.74) is 0. The predicted molar refractivity (Wildman–Crippen MR) is 81.0 cm³/mol. The Kier molecular flexibility index (Phi) is 38.2. The lowest BCUT2D eigenvalue weighted by atomic mass is 10.0. The van der Waals surface area contributed by atoms with E-state index in [1.807, 2.05) is 0 Å². The van der Waals surface area contributed by atoms with Crippen molar-refractivity contribution in [3.8, 4) is 0 Å². The van der Waals surface area contributed by atoms with Gasteiger partial charge in [-0.2, -0.15) is 0 Å². The molecule has 0 saturated heterocycles. The molecular weight excluding hydrogens is 372 g/mol. The van der Waals surface area contributed by atoms with Gasteiger partial charge in [0.15, 0.2) is 0 Å². The van der Waals surface area contributed by atoms with Crippen molar-refractivity contribution in [1.82, 2.24) is 0 Å². The maximum atomic E-state index is 8.56. The standard InChI is InChI=1S/C6H12.5CH2O3/c1-2-4-6-5-3-1;5*2-1(3)4/h1-6H2;5*(H2,2,3,4). The molecule has 1 rings (SSSR count). The van der Waals surface area contributed by atoms with Crippen LogP contribution in [0.3, 0.4) is 0 Å². The molecule has 1 fully saturated rings. The molecule has 0 atom stereocenters. The molecule has 0 aromatic heterocycles. The van der Waals surface area contributed by atoms with Crippen LogP contribution in [0.4, 0.5) is 24.0 Å². The van der Waals surface area contributed by atoms with Gasteiger partial charge in [-0.3, -0.25) is 0 Å². The van der Waals surface area contributed by atoms with Crippen LogP contribution in [0.5, 0.6) is 0 Å². The highest BCUT2D eigenvalue weighted by Crippen LogP contribution is 2.15. The first kappa shape index (κ1) is 33.8. The Balaban J connectivity index is -0.0000000687. The zero-order chi connectivity index (χ0) is 22.1. The van der Waals surface area contributed by atoms with Gasteiger partial charge in [0.05, 0.1) is 0 Å². The SMILES string of the molecule is C1CCCCC1.O=C(O)O.O=C(O)O.O=C(O)O.O=C(O)O.O=C(O)O. The minimum Gasteiger partial charge on any atom is -0.450 e. The van der Waals surface area contributed by atoms with Crippen molar-refractivity contribution in [2.45, 2.75) is 38.5 Å². The van der Waals surface area contributed by atoms with E-state index in [0.717, 1.165) is 0 Å². The first-order chi connectivity index (χ1) is 11.7. The second-order valence-corrected chi connectivity index (χ2v) is 3.53. The average molecular weight is 394 g/mol. The fourth-order valence-electron chi connectivity index (χ4n) is 1.06. The van der Waals surface area contributed by atoms with Crippen LogP contribution >= 0.6 is 0 Å². The molecule has 0 aromatic rings. The summed E-state index contributed by atoms with van der Waals surface area (Å²) in [6.45, 7) is 0. The number of rotatable bonds is 0. The minimum atomic E-state index is -1.83. The maximum absolute atomic E-state index is 8.56. The number of carboxylic acid groups (broad SMARTS) is 10. The third kappa shape index (κ3) is 1380. The second kappa shape index (κ2) is 29.4. The van der Waals surface area contributed by atoms with E-state index in [4.69, 9.17) is 75.0 Å². The molecule has 1 aliphatic rings. The van der Waals surface area contributed by atoms with Crippen LogP contribution in [0.1, 0.15) is 38.5 Å². The summed E-state index contributed by atoms with van der Waals surface area (Å²) in [5, 5.41) is 69.7. The molecule has 0 radical (unpaired) electrons. The summed E-state index contributed by atoms with van der Waals surface area (Å²) >= 11 is 0. The van der Waals surface area contributed by atoms with E-state index >= 15 is 0 Å². The molecule has 0 heterocycles. The lowest BCUT2D eigenvalue weighted by Crippen LogP contribution is -1.85. The molecule has 0 aliphatic heterocycles. The van der Waals surface area contributed by atoms with Gasteiger partial charge in [0, 0.05) is 0 Å². The Morgan fingerprint density at radius 2 is 0.346 bits per heavy atom. The van der Waals surface area contributed by atoms with Crippen molar-refractivity contribution in [2.75, 3.05) is 0 Å². The lowest BCUT2D eigenvalue weighted by Gasteiger charge is -2.05. The molecule has 15 heteroatoms. The largest absolute Gasteiger partial charge is 0.503 e. The summed E-state index contributed by atoms with van der Waals surface area (Å²) in [4.78, 5) is 42.8. The third-order valence-electron chi connectivity index (χ3n) is 1.50. The van der Waals surface area contributed by atoms with Crippen LogP contribution in [-0.4, -0.2) is 81.8 Å². The molecule has 10 N–H and O–H groups in total. The van der Waals surface area contributed by atoms with Crippen molar-refractivity contribution in [2.24, 2.45) is 0 Å². The monoisotopic (exact) mass is 394 g/mol. The molecule has 0 aromatic carbocycles. The molecule has 26 heavy (non-hydrogen) atoms. The van der Waals surface area contributed by atoms with Gasteiger partial charge in [-0.1, -0.05) is 38.5 Å². The van der Waals surface area contributed by atoms with Gasteiger partial charge in [-0.15, -0.1) is 0 Å². The Morgan fingerprint density at radius 1 is 0.308 bits per heavy atom. The van der Waals surface area contributed by atoms with E-state index in [0.29, 0.717) is 0 Å². The van der Waals surface area contributed by atoms with Crippen molar-refractivity contribution >= 4 is 30.8 Å². The van der Waals surface area contributed by atoms with Crippen LogP contribution < -0.4 is 0 Å². The normalized spacial score (nSPS) is 10.2. The first-order valence-electron chi connectivity index (χ1n) is 6.26. The van der Waals surface area contributed by atoms with Crippen LogP contribution in [0.15, 0.2) is 0 Å². The number of hydrogen-bond donors (Lipinski definition) is 10. The van der Waals surface area contributed by atoms with Crippen molar-refractivity contribution in [3.05, 3.63) is 0 Å². The van der Waals surface area contributed by atoms with Crippen LogP contribution in [0, 0.1) is 0 Å².